The summed E-state index contributed by atoms with van der Waals surface area (Å²) in [5, 5.41) is 2.51. The number of hydrogen-bond donors (Lipinski definition) is 0. The highest BCUT2D eigenvalue weighted by atomic mass is 19.1. The van der Waals surface area contributed by atoms with E-state index in [0.717, 1.165) is 11.6 Å². The molecule has 0 aliphatic rings. The van der Waals surface area contributed by atoms with Crippen molar-refractivity contribution >= 4 is 5.69 Å². The molecule has 2 aromatic rings. The number of benzene rings is 2. The summed E-state index contributed by atoms with van der Waals surface area (Å²) in [4.78, 5) is 10.5. The van der Waals surface area contributed by atoms with E-state index in [9.17, 15) is 13.7 Å². The average Bonchev–Trinajstić information content (AvgIpc) is 2.37. The Kier molecular flexibility index (Phi) is 3.62. The zero-order valence-electron chi connectivity index (χ0n) is 9.27. The maximum absolute atomic E-state index is 13.2. The van der Waals surface area contributed by atoms with E-state index >= 15 is 0 Å². The molecule has 0 aliphatic heterocycles. The van der Waals surface area contributed by atoms with Crippen molar-refractivity contribution < 1.29 is 13.5 Å². The van der Waals surface area contributed by atoms with E-state index in [0.29, 0.717) is 6.07 Å². The largest absolute Gasteiger partial charge is 0.486 e. The van der Waals surface area contributed by atoms with Crippen molar-refractivity contribution in [2.45, 2.75) is 6.61 Å². The molecule has 0 amide bonds. The van der Waals surface area contributed by atoms with E-state index in [2.05, 4.69) is 5.18 Å². The zero-order valence-corrected chi connectivity index (χ0v) is 9.27. The first kappa shape index (κ1) is 12.2. The third-order valence-electron chi connectivity index (χ3n) is 2.32. The highest BCUT2D eigenvalue weighted by Crippen LogP contribution is 2.32. The second kappa shape index (κ2) is 5.35. The quantitative estimate of drug-likeness (QED) is 0.770. The molecule has 2 aromatic carbocycles. The minimum absolute atomic E-state index is 0.103. The van der Waals surface area contributed by atoms with Crippen LogP contribution >= 0.6 is 0 Å². The van der Waals surface area contributed by atoms with Crippen LogP contribution in [-0.4, -0.2) is 0 Å². The second-order valence-corrected chi connectivity index (χ2v) is 3.60. The maximum Gasteiger partial charge on any atom is 0.185 e. The van der Waals surface area contributed by atoms with Gasteiger partial charge in [-0.25, -0.2) is 8.78 Å². The fraction of sp³-hybridized carbons (Fsp3) is 0.0769. The first-order valence-corrected chi connectivity index (χ1v) is 5.20. The summed E-state index contributed by atoms with van der Waals surface area (Å²) >= 11 is 0. The summed E-state index contributed by atoms with van der Waals surface area (Å²) in [7, 11) is 0. The van der Waals surface area contributed by atoms with Crippen LogP contribution in [-0.2, 0) is 6.61 Å². The summed E-state index contributed by atoms with van der Waals surface area (Å²) in [6, 6.07) is 10.6. The van der Waals surface area contributed by atoms with E-state index in [1.807, 2.05) is 18.2 Å². The van der Waals surface area contributed by atoms with Crippen molar-refractivity contribution in [2.24, 2.45) is 5.18 Å². The number of hydrogen-bond acceptors (Lipinski definition) is 3. The van der Waals surface area contributed by atoms with Crippen molar-refractivity contribution in [1.82, 2.24) is 0 Å². The first-order chi connectivity index (χ1) is 8.70. The van der Waals surface area contributed by atoms with Gasteiger partial charge in [0, 0.05) is 12.1 Å². The summed E-state index contributed by atoms with van der Waals surface area (Å²) in [5.74, 6) is -2.05. The number of ether oxygens (including phenoxy) is 1. The number of rotatable bonds is 4. The molecule has 0 saturated heterocycles. The molecule has 0 fully saturated rings. The molecule has 0 radical (unpaired) electrons. The van der Waals surface area contributed by atoms with Crippen molar-refractivity contribution in [3.05, 3.63) is 64.6 Å². The lowest BCUT2D eigenvalue weighted by atomic mass is 10.2. The van der Waals surface area contributed by atoms with Gasteiger partial charge in [0.1, 0.15) is 12.4 Å². The Labute approximate surface area is 102 Å². The van der Waals surface area contributed by atoms with E-state index in [-0.39, 0.29) is 12.4 Å². The smallest absolute Gasteiger partial charge is 0.185 e. The SMILES string of the molecule is O=Nc1c(F)cc(F)cc1OCc1ccccc1. The Morgan fingerprint density at radius 1 is 1.11 bits per heavy atom. The molecular weight excluding hydrogens is 240 g/mol. The summed E-state index contributed by atoms with van der Waals surface area (Å²) < 4.78 is 31.4. The molecule has 0 aromatic heterocycles. The van der Waals surface area contributed by atoms with Gasteiger partial charge in [-0.2, -0.15) is 0 Å². The van der Waals surface area contributed by atoms with Gasteiger partial charge < -0.3 is 4.74 Å². The monoisotopic (exact) mass is 249 g/mol. The Morgan fingerprint density at radius 3 is 2.50 bits per heavy atom. The molecule has 18 heavy (non-hydrogen) atoms. The highest BCUT2D eigenvalue weighted by Gasteiger charge is 2.13. The van der Waals surface area contributed by atoms with Gasteiger partial charge in [0.15, 0.2) is 17.3 Å². The third kappa shape index (κ3) is 2.68. The van der Waals surface area contributed by atoms with Crippen LogP contribution in [0.25, 0.3) is 0 Å². The van der Waals surface area contributed by atoms with Crippen LogP contribution in [0.4, 0.5) is 14.5 Å². The van der Waals surface area contributed by atoms with Crippen LogP contribution in [0.2, 0.25) is 0 Å². The molecule has 0 aliphatic carbocycles. The van der Waals surface area contributed by atoms with Crippen LogP contribution < -0.4 is 4.74 Å². The van der Waals surface area contributed by atoms with E-state index in [1.54, 1.807) is 12.1 Å². The van der Waals surface area contributed by atoms with Crippen LogP contribution in [0.1, 0.15) is 5.56 Å². The van der Waals surface area contributed by atoms with Gasteiger partial charge in [-0.3, -0.25) is 0 Å². The van der Waals surface area contributed by atoms with Crippen molar-refractivity contribution in [1.29, 1.82) is 0 Å². The second-order valence-electron chi connectivity index (χ2n) is 3.60. The van der Waals surface area contributed by atoms with E-state index < -0.39 is 17.3 Å². The first-order valence-electron chi connectivity index (χ1n) is 5.20. The number of nitrogens with zero attached hydrogens (tertiary/aromatic N) is 1. The van der Waals surface area contributed by atoms with Gasteiger partial charge in [-0.15, -0.1) is 4.91 Å². The Balaban J connectivity index is 2.21. The highest BCUT2D eigenvalue weighted by molar-refractivity contribution is 5.52. The fourth-order valence-electron chi connectivity index (χ4n) is 1.48. The molecule has 0 bridgehead atoms. The molecule has 3 nitrogen and oxygen atoms in total. The minimum atomic E-state index is -1.03. The molecule has 0 atom stereocenters. The topological polar surface area (TPSA) is 38.7 Å². The Morgan fingerprint density at radius 2 is 1.83 bits per heavy atom. The minimum Gasteiger partial charge on any atom is -0.486 e. The Hall–Kier alpha value is -2.30. The molecule has 2 rings (SSSR count). The molecule has 0 unspecified atom stereocenters. The van der Waals surface area contributed by atoms with E-state index in [4.69, 9.17) is 4.74 Å². The molecule has 0 heterocycles. The number of nitroso groups, excluding NO2 is 1. The average molecular weight is 249 g/mol. The summed E-state index contributed by atoms with van der Waals surface area (Å²) in [5.41, 5.74) is 0.298. The van der Waals surface area contributed by atoms with Crippen molar-refractivity contribution in [3.8, 4) is 5.75 Å². The fourth-order valence-corrected chi connectivity index (χ4v) is 1.48. The lowest BCUT2D eigenvalue weighted by Gasteiger charge is -2.08. The summed E-state index contributed by atoms with van der Waals surface area (Å²) in [6.45, 7) is 0.103. The molecule has 0 spiro atoms. The van der Waals surface area contributed by atoms with Gasteiger partial charge in [0.2, 0.25) is 0 Å². The van der Waals surface area contributed by atoms with Crippen LogP contribution in [0.5, 0.6) is 5.75 Å². The third-order valence-corrected chi connectivity index (χ3v) is 2.32. The van der Waals surface area contributed by atoms with Crippen LogP contribution in [0, 0.1) is 16.5 Å². The summed E-state index contributed by atoms with van der Waals surface area (Å²) in [6.07, 6.45) is 0. The predicted octanol–water partition coefficient (Wildman–Crippen LogP) is 3.94. The zero-order chi connectivity index (χ0) is 13.0. The van der Waals surface area contributed by atoms with Gasteiger partial charge >= 0.3 is 0 Å². The van der Waals surface area contributed by atoms with Gasteiger partial charge in [-0.05, 0) is 10.7 Å². The standard InChI is InChI=1S/C13H9F2NO2/c14-10-6-11(15)13(16-17)12(7-10)18-8-9-4-2-1-3-5-9/h1-7H,8H2. The molecule has 5 heteroatoms. The maximum atomic E-state index is 13.2. The van der Waals surface area contributed by atoms with Gasteiger partial charge in [0.05, 0.1) is 0 Å². The normalized spacial score (nSPS) is 10.1. The van der Waals surface area contributed by atoms with Gasteiger partial charge in [-0.1, -0.05) is 30.3 Å². The lowest BCUT2D eigenvalue weighted by Crippen LogP contribution is -1.97. The Bertz CT molecular complexity index is 558. The van der Waals surface area contributed by atoms with Gasteiger partial charge in [0.25, 0.3) is 0 Å². The van der Waals surface area contributed by atoms with Crippen molar-refractivity contribution in [2.75, 3.05) is 0 Å². The lowest BCUT2D eigenvalue weighted by molar-refractivity contribution is 0.304. The molecule has 0 N–H and O–H groups in total. The van der Waals surface area contributed by atoms with Crippen molar-refractivity contribution in [3.63, 3.8) is 0 Å². The van der Waals surface area contributed by atoms with Crippen LogP contribution in [0.15, 0.2) is 47.6 Å². The number of halogens is 2. The molecule has 0 saturated carbocycles. The molecule has 92 valence electrons. The predicted molar refractivity (Wildman–Crippen MR) is 62.6 cm³/mol. The van der Waals surface area contributed by atoms with Crippen LogP contribution in [0.3, 0.4) is 0 Å². The van der Waals surface area contributed by atoms with E-state index in [1.165, 1.54) is 0 Å². The molecular formula is C13H9F2NO2.